The van der Waals surface area contributed by atoms with Crippen molar-refractivity contribution in [2.75, 3.05) is 20.1 Å². The lowest BCUT2D eigenvalue weighted by molar-refractivity contribution is -0.137. The van der Waals surface area contributed by atoms with E-state index in [1.807, 2.05) is 37.4 Å². The molecule has 1 aliphatic rings. The first-order chi connectivity index (χ1) is 8.12. The second kappa shape index (κ2) is 6.07. The lowest BCUT2D eigenvalue weighted by Crippen LogP contribution is -2.55. The van der Waals surface area contributed by atoms with Crippen molar-refractivity contribution in [1.29, 1.82) is 0 Å². The molecule has 1 saturated heterocycles. The number of para-hydroxylation sites is 1. The minimum atomic E-state index is -0.839. The van der Waals surface area contributed by atoms with E-state index in [2.05, 4.69) is 4.90 Å². The summed E-state index contributed by atoms with van der Waals surface area (Å²) in [5, 5.41) is 0. The summed E-state index contributed by atoms with van der Waals surface area (Å²) in [6, 6.07) is 9.39. The summed E-state index contributed by atoms with van der Waals surface area (Å²) in [6.45, 7) is 1.66. The van der Waals surface area contributed by atoms with Gasteiger partial charge in [0.1, 0.15) is 5.75 Å². The van der Waals surface area contributed by atoms with Gasteiger partial charge >= 0.3 is 0 Å². The Labute approximate surface area is 114 Å². The second-order valence-electron chi connectivity index (χ2n) is 4.58. The number of primary amides is 1. The number of hydrogen-bond acceptors (Lipinski definition) is 3. The number of nitrogens with zero attached hydrogens (tertiary/aromatic N) is 1. The number of piperidine rings is 1. The predicted molar refractivity (Wildman–Crippen MR) is 73.0 cm³/mol. The molecule has 1 fully saturated rings. The molecule has 2 N–H and O–H groups in total. The topological polar surface area (TPSA) is 55.6 Å². The van der Waals surface area contributed by atoms with Crippen LogP contribution in [0.1, 0.15) is 12.8 Å². The number of ether oxygens (including phenoxy) is 1. The lowest BCUT2D eigenvalue weighted by Gasteiger charge is -2.38. The largest absolute Gasteiger partial charge is 0.477 e. The minimum absolute atomic E-state index is 0. The van der Waals surface area contributed by atoms with Crippen molar-refractivity contribution in [1.82, 2.24) is 4.90 Å². The van der Waals surface area contributed by atoms with Crippen LogP contribution in [0, 0.1) is 0 Å². The fourth-order valence-corrected chi connectivity index (χ4v) is 2.09. The zero-order valence-corrected chi connectivity index (χ0v) is 11.3. The Balaban J connectivity index is 0.00000162. The number of likely N-dealkylation sites (tertiary alicyclic amines) is 1. The molecule has 4 nitrogen and oxygen atoms in total. The summed E-state index contributed by atoms with van der Waals surface area (Å²) in [4.78, 5) is 13.8. The highest BCUT2D eigenvalue weighted by atomic mass is 35.5. The molecule has 0 atom stereocenters. The molecule has 0 aromatic heterocycles. The Morgan fingerprint density at radius 3 is 2.33 bits per heavy atom. The Morgan fingerprint density at radius 2 is 1.83 bits per heavy atom. The van der Waals surface area contributed by atoms with Gasteiger partial charge in [0.05, 0.1) is 0 Å². The van der Waals surface area contributed by atoms with Gasteiger partial charge in [0.15, 0.2) is 5.60 Å². The van der Waals surface area contributed by atoms with Crippen molar-refractivity contribution in [3.05, 3.63) is 30.3 Å². The van der Waals surface area contributed by atoms with Crippen LogP contribution >= 0.6 is 12.4 Å². The van der Waals surface area contributed by atoms with Gasteiger partial charge in [-0.05, 0) is 19.2 Å². The zero-order chi connectivity index (χ0) is 12.3. The second-order valence-corrected chi connectivity index (χ2v) is 4.58. The highest BCUT2D eigenvalue weighted by Crippen LogP contribution is 2.28. The van der Waals surface area contributed by atoms with Crippen molar-refractivity contribution in [2.24, 2.45) is 5.73 Å². The highest BCUT2D eigenvalue weighted by molar-refractivity contribution is 5.85. The van der Waals surface area contributed by atoms with Crippen molar-refractivity contribution >= 4 is 18.3 Å². The molecule has 2 rings (SSSR count). The van der Waals surface area contributed by atoms with E-state index < -0.39 is 5.60 Å². The SMILES string of the molecule is CN1CCC(Oc2ccccc2)(C(N)=O)CC1.Cl. The normalized spacial score (nSPS) is 18.7. The molecule has 100 valence electrons. The molecule has 18 heavy (non-hydrogen) atoms. The molecule has 1 aromatic carbocycles. The molecule has 1 amide bonds. The van der Waals surface area contributed by atoms with E-state index in [0.717, 1.165) is 13.1 Å². The fraction of sp³-hybridized carbons (Fsp3) is 0.462. The van der Waals surface area contributed by atoms with E-state index in [1.165, 1.54) is 0 Å². The van der Waals surface area contributed by atoms with Crippen LogP contribution in [-0.2, 0) is 4.79 Å². The Morgan fingerprint density at radius 1 is 1.28 bits per heavy atom. The molecule has 0 radical (unpaired) electrons. The number of nitrogens with two attached hydrogens (primary N) is 1. The number of halogens is 1. The lowest BCUT2D eigenvalue weighted by atomic mass is 9.90. The number of benzene rings is 1. The third kappa shape index (κ3) is 3.15. The number of amides is 1. The molecule has 0 saturated carbocycles. The third-order valence-corrected chi connectivity index (χ3v) is 3.30. The molecule has 1 heterocycles. The fourth-order valence-electron chi connectivity index (χ4n) is 2.09. The number of carbonyl (C=O) groups is 1. The van der Waals surface area contributed by atoms with Crippen LogP contribution in [0.15, 0.2) is 30.3 Å². The van der Waals surface area contributed by atoms with Crippen LogP contribution in [-0.4, -0.2) is 36.5 Å². The van der Waals surface area contributed by atoms with Crippen LogP contribution in [0.3, 0.4) is 0 Å². The number of carbonyl (C=O) groups excluding carboxylic acids is 1. The first-order valence-electron chi connectivity index (χ1n) is 5.85. The Hall–Kier alpha value is -1.26. The van der Waals surface area contributed by atoms with E-state index in [9.17, 15) is 4.79 Å². The van der Waals surface area contributed by atoms with Gasteiger partial charge in [0.2, 0.25) is 0 Å². The molecule has 1 aromatic rings. The monoisotopic (exact) mass is 270 g/mol. The van der Waals surface area contributed by atoms with E-state index in [0.29, 0.717) is 18.6 Å². The predicted octanol–water partition coefficient (Wildman–Crippen LogP) is 1.44. The Bertz CT molecular complexity index is 389. The molecule has 0 aliphatic carbocycles. The van der Waals surface area contributed by atoms with Gasteiger partial charge in [0, 0.05) is 25.9 Å². The molecule has 0 spiro atoms. The van der Waals surface area contributed by atoms with Gasteiger partial charge < -0.3 is 15.4 Å². The zero-order valence-electron chi connectivity index (χ0n) is 10.5. The maximum Gasteiger partial charge on any atom is 0.261 e. The van der Waals surface area contributed by atoms with Gasteiger partial charge in [-0.15, -0.1) is 12.4 Å². The first-order valence-corrected chi connectivity index (χ1v) is 5.85. The van der Waals surface area contributed by atoms with Crippen molar-refractivity contribution in [3.8, 4) is 5.75 Å². The Kier molecular flexibility index (Phi) is 4.99. The van der Waals surface area contributed by atoms with Crippen molar-refractivity contribution < 1.29 is 9.53 Å². The number of rotatable bonds is 3. The van der Waals surface area contributed by atoms with E-state index in [4.69, 9.17) is 10.5 Å². The molecule has 5 heteroatoms. The van der Waals surface area contributed by atoms with Gasteiger partial charge in [0.25, 0.3) is 5.91 Å². The molecule has 0 bridgehead atoms. The van der Waals surface area contributed by atoms with Crippen molar-refractivity contribution in [2.45, 2.75) is 18.4 Å². The maximum absolute atomic E-state index is 11.7. The summed E-state index contributed by atoms with van der Waals surface area (Å²) < 4.78 is 5.85. The quantitative estimate of drug-likeness (QED) is 0.904. The smallest absolute Gasteiger partial charge is 0.261 e. The first kappa shape index (κ1) is 14.8. The summed E-state index contributed by atoms with van der Waals surface area (Å²) in [5.41, 5.74) is 4.67. The van der Waals surface area contributed by atoms with E-state index in [-0.39, 0.29) is 18.3 Å². The van der Waals surface area contributed by atoms with Gasteiger partial charge in [-0.2, -0.15) is 0 Å². The number of hydrogen-bond donors (Lipinski definition) is 1. The summed E-state index contributed by atoms with van der Waals surface area (Å²) in [7, 11) is 2.04. The third-order valence-electron chi connectivity index (χ3n) is 3.30. The van der Waals surface area contributed by atoms with Gasteiger partial charge in [-0.1, -0.05) is 18.2 Å². The van der Waals surface area contributed by atoms with Gasteiger partial charge in [-0.25, -0.2) is 0 Å². The van der Waals surface area contributed by atoms with Gasteiger partial charge in [-0.3, -0.25) is 4.79 Å². The maximum atomic E-state index is 11.7. The highest BCUT2D eigenvalue weighted by Gasteiger charge is 2.41. The van der Waals surface area contributed by atoms with E-state index >= 15 is 0 Å². The minimum Gasteiger partial charge on any atom is -0.477 e. The molecule has 0 unspecified atom stereocenters. The molecular formula is C13H19ClN2O2. The van der Waals surface area contributed by atoms with Crippen molar-refractivity contribution in [3.63, 3.8) is 0 Å². The average molecular weight is 271 g/mol. The van der Waals surface area contributed by atoms with Crippen LogP contribution in [0.2, 0.25) is 0 Å². The van der Waals surface area contributed by atoms with Crippen LogP contribution in [0.4, 0.5) is 0 Å². The molecule has 1 aliphatic heterocycles. The van der Waals surface area contributed by atoms with Crippen LogP contribution in [0.5, 0.6) is 5.75 Å². The average Bonchev–Trinajstić information content (AvgIpc) is 2.33. The standard InChI is InChI=1S/C13H18N2O2.ClH/c1-15-9-7-13(8-10-15,12(14)16)17-11-5-3-2-4-6-11;/h2-6H,7-10H2,1H3,(H2,14,16);1H. The molecular weight excluding hydrogens is 252 g/mol. The summed E-state index contributed by atoms with van der Waals surface area (Å²) >= 11 is 0. The van der Waals surface area contributed by atoms with E-state index in [1.54, 1.807) is 0 Å². The summed E-state index contributed by atoms with van der Waals surface area (Å²) in [6.07, 6.45) is 1.29. The summed E-state index contributed by atoms with van der Waals surface area (Å²) in [5.74, 6) is 0.338. The van der Waals surface area contributed by atoms with Crippen LogP contribution < -0.4 is 10.5 Å². The van der Waals surface area contributed by atoms with Crippen LogP contribution in [0.25, 0.3) is 0 Å².